The number of hydrogen-bond acceptors (Lipinski definition) is 8. The second-order valence-electron chi connectivity index (χ2n) is 6.91. The predicted molar refractivity (Wildman–Crippen MR) is 120 cm³/mol. The van der Waals surface area contributed by atoms with E-state index < -0.39 is 12.0 Å². The number of carbonyl (C=O) groups excluding carboxylic acids is 1. The fourth-order valence-corrected chi connectivity index (χ4v) is 3.32. The van der Waals surface area contributed by atoms with Crippen molar-refractivity contribution in [2.45, 2.75) is 33.4 Å². The molecule has 3 rings (SSSR count). The van der Waals surface area contributed by atoms with E-state index in [9.17, 15) is 4.79 Å². The second-order valence-corrected chi connectivity index (χ2v) is 6.91. The minimum atomic E-state index is -0.673. The maximum absolute atomic E-state index is 12.7. The van der Waals surface area contributed by atoms with Crippen molar-refractivity contribution >= 4 is 11.9 Å². The van der Waals surface area contributed by atoms with E-state index in [1.165, 1.54) is 0 Å². The Morgan fingerprint density at radius 1 is 1.12 bits per heavy atom. The Balaban J connectivity index is 1.95. The maximum atomic E-state index is 12.7. The van der Waals surface area contributed by atoms with E-state index in [1.54, 1.807) is 26.0 Å². The van der Waals surface area contributed by atoms with Gasteiger partial charge in [0.1, 0.15) is 12.6 Å². The Bertz CT molecular complexity index is 1060. The van der Waals surface area contributed by atoms with Crippen LogP contribution in [0.3, 0.4) is 0 Å². The summed E-state index contributed by atoms with van der Waals surface area (Å²) in [4.78, 5) is 17.2. The highest BCUT2D eigenvalue weighted by molar-refractivity contribution is 5.95. The zero-order chi connectivity index (χ0) is 22.9. The summed E-state index contributed by atoms with van der Waals surface area (Å²) in [6.45, 7) is 6.46. The van der Waals surface area contributed by atoms with Gasteiger partial charge in [0.25, 0.3) is 0 Å². The summed E-state index contributed by atoms with van der Waals surface area (Å²) in [5.41, 5.74) is 2.68. The molecule has 8 heteroatoms. The predicted octanol–water partition coefficient (Wildman–Crippen LogP) is 3.57. The molecule has 0 saturated carbocycles. The molecule has 0 radical (unpaired) electrons. The number of benzene rings is 2. The van der Waals surface area contributed by atoms with Crippen LogP contribution in [-0.4, -0.2) is 25.1 Å². The molecule has 0 aliphatic carbocycles. The van der Waals surface area contributed by atoms with Crippen LogP contribution in [0.5, 0.6) is 11.5 Å². The summed E-state index contributed by atoms with van der Waals surface area (Å²) in [6, 6.07) is 14.6. The lowest BCUT2D eigenvalue weighted by atomic mass is 9.96. The highest BCUT2D eigenvalue weighted by Gasteiger charge is 2.31. The summed E-state index contributed by atoms with van der Waals surface area (Å²) in [5.74, 6) is 0.923. The first-order valence-corrected chi connectivity index (χ1v) is 10.4. The monoisotopic (exact) mass is 434 g/mol. The topological polar surface area (TPSA) is 105 Å². The van der Waals surface area contributed by atoms with Gasteiger partial charge >= 0.3 is 5.97 Å². The van der Waals surface area contributed by atoms with Gasteiger partial charge in [-0.05, 0) is 44.0 Å². The third-order valence-corrected chi connectivity index (χ3v) is 4.73. The van der Waals surface area contributed by atoms with Gasteiger partial charge in [0.05, 0.1) is 18.8 Å². The lowest BCUT2D eigenvalue weighted by Gasteiger charge is -2.25. The molecular weight excluding hydrogens is 408 g/mol. The van der Waals surface area contributed by atoms with Crippen LogP contribution >= 0.6 is 0 Å². The number of ether oxygens (including phenoxy) is 3. The summed E-state index contributed by atoms with van der Waals surface area (Å²) < 4.78 is 17.0. The van der Waals surface area contributed by atoms with E-state index in [0.717, 1.165) is 5.56 Å². The molecule has 32 heavy (non-hydrogen) atoms. The van der Waals surface area contributed by atoms with Gasteiger partial charge in [-0.2, -0.15) is 5.26 Å². The molecule has 0 fully saturated rings. The fourth-order valence-electron chi connectivity index (χ4n) is 3.32. The smallest absolute Gasteiger partial charge is 0.338 e. The van der Waals surface area contributed by atoms with E-state index in [1.807, 2.05) is 49.5 Å². The van der Waals surface area contributed by atoms with Crippen LogP contribution in [0.2, 0.25) is 0 Å². The van der Waals surface area contributed by atoms with Gasteiger partial charge in [0.2, 0.25) is 5.96 Å². The van der Waals surface area contributed by atoms with Crippen molar-refractivity contribution < 1.29 is 19.0 Å². The molecule has 0 bridgehead atoms. The van der Waals surface area contributed by atoms with Gasteiger partial charge in [0.15, 0.2) is 17.7 Å². The van der Waals surface area contributed by atoms with E-state index in [2.05, 4.69) is 15.6 Å². The van der Waals surface area contributed by atoms with Crippen LogP contribution in [0.15, 0.2) is 64.8 Å². The van der Waals surface area contributed by atoms with Crippen molar-refractivity contribution in [3.8, 4) is 17.7 Å². The van der Waals surface area contributed by atoms with Crippen LogP contribution < -0.4 is 20.1 Å². The number of nitrogens with one attached hydrogen (secondary N) is 2. The highest BCUT2D eigenvalue weighted by Crippen LogP contribution is 2.37. The van der Waals surface area contributed by atoms with Gasteiger partial charge in [-0.1, -0.05) is 36.4 Å². The number of esters is 1. The quantitative estimate of drug-likeness (QED) is 0.372. The van der Waals surface area contributed by atoms with Gasteiger partial charge in [0, 0.05) is 5.70 Å². The van der Waals surface area contributed by atoms with Gasteiger partial charge in [-0.3, -0.25) is 5.32 Å². The van der Waals surface area contributed by atoms with Gasteiger partial charge in [-0.25, -0.2) is 9.79 Å². The third kappa shape index (κ3) is 5.38. The van der Waals surface area contributed by atoms with E-state index >= 15 is 0 Å². The summed E-state index contributed by atoms with van der Waals surface area (Å²) >= 11 is 0. The Labute approximate surface area is 187 Å². The molecule has 1 unspecified atom stereocenters. The first-order valence-electron chi connectivity index (χ1n) is 10.4. The minimum Gasteiger partial charge on any atom is -0.490 e. The van der Waals surface area contributed by atoms with Crippen molar-refractivity contribution in [3.05, 3.63) is 70.9 Å². The van der Waals surface area contributed by atoms with Crippen molar-refractivity contribution in [3.63, 3.8) is 0 Å². The van der Waals surface area contributed by atoms with Crippen LogP contribution in [0.25, 0.3) is 0 Å². The Hall–Kier alpha value is -3.99. The molecule has 0 aromatic heterocycles. The molecular formula is C24H26N4O4. The summed E-state index contributed by atoms with van der Waals surface area (Å²) in [5, 5.41) is 14.4. The van der Waals surface area contributed by atoms with Crippen molar-refractivity contribution in [1.82, 2.24) is 10.6 Å². The zero-order valence-corrected chi connectivity index (χ0v) is 18.3. The van der Waals surface area contributed by atoms with Crippen molar-refractivity contribution in [1.29, 1.82) is 5.26 Å². The Morgan fingerprint density at radius 3 is 2.59 bits per heavy atom. The molecule has 0 spiro atoms. The summed E-state index contributed by atoms with van der Waals surface area (Å²) in [6.07, 6.45) is 1.85. The van der Waals surface area contributed by atoms with E-state index in [4.69, 9.17) is 19.5 Å². The van der Waals surface area contributed by atoms with Crippen LogP contribution in [-0.2, 0) is 16.1 Å². The lowest BCUT2D eigenvalue weighted by molar-refractivity contribution is -0.138. The SMILES string of the molecule is CCOC(=O)C1=C(C)NC(NC#N)=NC1c1ccc(OCc2ccccc2)c(OCC)c1. The van der Waals surface area contributed by atoms with Crippen molar-refractivity contribution in [2.24, 2.45) is 4.99 Å². The number of nitriles is 1. The van der Waals surface area contributed by atoms with Crippen LogP contribution in [0, 0.1) is 11.5 Å². The zero-order valence-electron chi connectivity index (χ0n) is 18.3. The van der Waals surface area contributed by atoms with Crippen molar-refractivity contribution in [2.75, 3.05) is 13.2 Å². The molecule has 1 aliphatic rings. The number of aliphatic imine (C=N–C) groups is 1. The number of allylic oxidation sites excluding steroid dienone is 1. The molecule has 0 saturated heterocycles. The van der Waals surface area contributed by atoms with Gasteiger partial charge < -0.3 is 19.5 Å². The second kappa shape index (κ2) is 10.9. The number of hydrogen-bond donors (Lipinski definition) is 2. The highest BCUT2D eigenvalue weighted by atomic mass is 16.5. The minimum absolute atomic E-state index is 0.242. The molecule has 1 aliphatic heterocycles. The molecule has 0 amide bonds. The molecule has 166 valence electrons. The Morgan fingerprint density at radius 2 is 1.91 bits per heavy atom. The maximum Gasteiger partial charge on any atom is 0.338 e. The molecule has 2 aromatic rings. The van der Waals surface area contributed by atoms with Crippen LogP contribution in [0.1, 0.15) is 37.9 Å². The normalized spacial score (nSPS) is 15.2. The molecule has 1 atom stereocenters. The first-order chi connectivity index (χ1) is 15.6. The molecule has 2 N–H and O–H groups in total. The lowest BCUT2D eigenvalue weighted by Crippen LogP contribution is -2.39. The number of nitrogens with zero attached hydrogens (tertiary/aromatic N) is 2. The van der Waals surface area contributed by atoms with E-state index in [-0.39, 0.29) is 12.6 Å². The third-order valence-electron chi connectivity index (χ3n) is 4.73. The fraction of sp³-hybridized carbons (Fsp3) is 0.292. The average Bonchev–Trinajstić information content (AvgIpc) is 2.79. The number of rotatable bonds is 8. The largest absolute Gasteiger partial charge is 0.490 e. The molecule has 2 aromatic carbocycles. The Kier molecular flexibility index (Phi) is 7.70. The van der Waals surface area contributed by atoms with Gasteiger partial charge in [-0.15, -0.1) is 0 Å². The van der Waals surface area contributed by atoms with E-state index in [0.29, 0.717) is 41.5 Å². The van der Waals surface area contributed by atoms with Crippen LogP contribution in [0.4, 0.5) is 0 Å². The standard InChI is InChI=1S/C24H26N4O4/c1-4-30-20-13-18(11-12-19(20)32-14-17-9-7-6-8-10-17)22-21(23(29)31-5-2)16(3)27-24(28-22)26-15-25/h6-13,22H,4-5,14H2,1-3H3,(H2,26,27,28). The molecule has 1 heterocycles. The number of carbonyl (C=O) groups is 1. The number of guanidine groups is 1. The molecule has 8 nitrogen and oxygen atoms in total. The average molecular weight is 434 g/mol. The first kappa shape index (κ1) is 22.7. The summed E-state index contributed by atoms with van der Waals surface area (Å²) in [7, 11) is 0.